The molecule has 2 heterocycles. The molecular formula is C17H22N2O2. The first kappa shape index (κ1) is 14.3. The number of nitrogens with zero attached hydrogens (tertiary/aromatic N) is 1. The second kappa shape index (κ2) is 6.41. The molecule has 0 amide bonds. The van der Waals surface area contributed by atoms with Gasteiger partial charge in [0.1, 0.15) is 0 Å². The number of rotatable bonds is 5. The molecule has 112 valence electrons. The molecule has 4 heteroatoms. The van der Waals surface area contributed by atoms with E-state index < -0.39 is 0 Å². The summed E-state index contributed by atoms with van der Waals surface area (Å²) >= 11 is 0. The molecule has 4 nitrogen and oxygen atoms in total. The second-order valence-electron chi connectivity index (χ2n) is 5.63. The highest BCUT2D eigenvalue weighted by Crippen LogP contribution is 2.23. The van der Waals surface area contributed by atoms with Crippen LogP contribution in [0.2, 0.25) is 0 Å². The molecule has 2 aromatic rings. The number of para-hydroxylation sites is 1. The van der Waals surface area contributed by atoms with Crippen LogP contribution in [0.5, 0.6) is 5.88 Å². The molecule has 0 bridgehead atoms. The minimum Gasteiger partial charge on any atom is -0.481 e. The molecule has 1 aliphatic heterocycles. The van der Waals surface area contributed by atoms with Crippen molar-refractivity contribution in [3.63, 3.8) is 0 Å². The highest BCUT2D eigenvalue weighted by atomic mass is 16.5. The van der Waals surface area contributed by atoms with Crippen LogP contribution >= 0.6 is 0 Å². The first-order valence-corrected chi connectivity index (χ1v) is 7.51. The molecule has 1 aromatic heterocycles. The molecule has 1 N–H and O–H groups in total. The Morgan fingerprint density at radius 2 is 2.29 bits per heavy atom. The van der Waals surface area contributed by atoms with E-state index in [0.717, 1.165) is 31.7 Å². The molecule has 0 aliphatic carbocycles. The van der Waals surface area contributed by atoms with Gasteiger partial charge in [-0.15, -0.1) is 0 Å². The Morgan fingerprint density at radius 3 is 3.05 bits per heavy atom. The van der Waals surface area contributed by atoms with Crippen LogP contribution in [-0.2, 0) is 11.3 Å². The topological polar surface area (TPSA) is 43.4 Å². The van der Waals surface area contributed by atoms with Gasteiger partial charge in [0.25, 0.3) is 0 Å². The fraction of sp³-hybridized carbons (Fsp3) is 0.471. The summed E-state index contributed by atoms with van der Waals surface area (Å²) in [5, 5.41) is 4.80. The van der Waals surface area contributed by atoms with Gasteiger partial charge in [-0.25, -0.2) is 4.98 Å². The lowest BCUT2D eigenvalue weighted by Gasteiger charge is -2.20. The van der Waals surface area contributed by atoms with Crippen molar-refractivity contribution >= 4 is 10.9 Å². The molecule has 0 saturated carbocycles. The van der Waals surface area contributed by atoms with Crippen molar-refractivity contribution < 1.29 is 9.47 Å². The summed E-state index contributed by atoms with van der Waals surface area (Å²) in [7, 11) is 1.66. The van der Waals surface area contributed by atoms with E-state index in [4.69, 9.17) is 9.47 Å². The van der Waals surface area contributed by atoms with E-state index in [9.17, 15) is 0 Å². The normalized spacial score (nSPS) is 19.8. The summed E-state index contributed by atoms with van der Waals surface area (Å²) < 4.78 is 10.8. The molecule has 0 unspecified atom stereocenters. The third kappa shape index (κ3) is 3.17. The van der Waals surface area contributed by atoms with Gasteiger partial charge in [-0.3, -0.25) is 0 Å². The Labute approximate surface area is 125 Å². The van der Waals surface area contributed by atoms with Crippen LogP contribution < -0.4 is 10.1 Å². The van der Waals surface area contributed by atoms with Crippen LogP contribution in [0.4, 0.5) is 0 Å². The molecule has 0 spiro atoms. The van der Waals surface area contributed by atoms with Crippen LogP contribution in [-0.4, -0.2) is 31.3 Å². The van der Waals surface area contributed by atoms with E-state index in [-0.39, 0.29) is 0 Å². The zero-order chi connectivity index (χ0) is 14.7. The highest BCUT2D eigenvalue weighted by Gasteiger charge is 2.21. The maximum absolute atomic E-state index is 5.47. The van der Waals surface area contributed by atoms with E-state index in [1.165, 1.54) is 10.9 Å². The Bertz CT molecular complexity index is 609. The largest absolute Gasteiger partial charge is 0.481 e. The Morgan fingerprint density at radius 1 is 1.43 bits per heavy atom. The second-order valence-corrected chi connectivity index (χ2v) is 5.63. The summed E-state index contributed by atoms with van der Waals surface area (Å²) in [6, 6.07) is 10.7. The summed E-state index contributed by atoms with van der Waals surface area (Å²) in [4.78, 5) is 4.49. The summed E-state index contributed by atoms with van der Waals surface area (Å²) in [5.41, 5.74) is 2.20. The maximum atomic E-state index is 5.47. The lowest BCUT2D eigenvalue weighted by atomic mass is 10.00. The molecular weight excluding hydrogens is 264 g/mol. The van der Waals surface area contributed by atoms with E-state index in [2.05, 4.69) is 23.3 Å². The Kier molecular flexibility index (Phi) is 4.36. The van der Waals surface area contributed by atoms with Gasteiger partial charge in [0.05, 0.1) is 19.2 Å². The van der Waals surface area contributed by atoms with Crippen molar-refractivity contribution in [2.45, 2.75) is 25.9 Å². The van der Waals surface area contributed by atoms with E-state index in [0.29, 0.717) is 17.8 Å². The van der Waals surface area contributed by atoms with Crippen molar-refractivity contribution in [2.75, 3.05) is 20.3 Å². The molecule has 1 fully saturated rings. The quantitative estimate of drug-likeness (QED) is 0.918. The fourth-order valence-corrected chi connectivity index (χ4v) is 2.86. The first-order chi connectivity index (χ1) is 10.3. The smallest absolute Gasteiger partial charge is 0.213 e. The predicted molar refractivity (Wildman–Crippen MR) is 83.5 cm³/mol. The van der Waals surface area contributed by atoms with E-state index in [1.54, 1.807) is 7.11 Å². The number of ether oxygens (including phenoxy) is 2. The summed E-state index contributed by atoms with van der Waals surface area (Å²) in [6.45, 7) is 4.81. The number of hydrogen-bond donors (Lipinski definition) is 1. The lowest BCUT2D eigenvalue weighted by Crippen LogP contribution is -2.33. The molecule has 1 saturated heterocycles. The molecule has 3 rings (SSSR count). The molecule has 1 aliphatic rings. The average Bonchev–Trinajstić information content (AvgIpc) is 3.06. The monoisotopic (exact) mass is 286 g/mol. The van der Waals surface area contributed by atoms with E-state index >= 15 is 0 Å². The number of hydrogen-bond acceptors (Lipinski definition) is 4. The SMILES string of the molecule is COc1cc(CN[C@H](C)[C@H]2CCOC2)c2ccccc2n1. The van der Waals surface area contributed by atoms with Gasteiger partial charge >= 0.3 is 0 Å². The number of aromatic nitrogens is 1. The lowest BCUT2D eigenvalue weighted by molar-refractivity contribution is 0.178. The first-order valence-electron chi connectivity index (χ1n) is 7.51. The van der Waals surface area contributed by atoms with Gasteiger partial charge < -0.3 is 14.8 Å². The van der Waals surface area contributed by atoms with Gasteiger partial charge in [0, 0.05) is 30.6 Å². The average molecular weight is 286 g/mol. The van der Waals surface area contributed by atoms with Crippen molar-refractivity contribution in [3.8, 4) is 5.88 Å². The standard InChI is InChI=1S/C17H22N2O2/c1-12(13-7-8-21-11-13)18-10-14-9-17(20-2)19-16-6-4-3-5-15(14)16/h3-6,9,12-13,18H,7-8,10-11H2,1-2H3/t12-,13+/m1/s1. The molecule has 0 radical (unpaired) electrons. The predicted octanol–water partition coefficient (Wildman–Crippen LogP) is 2.76. The number of benzene rings is 1. The summed E-state index contributed by atoms with van der Waals surface area (Å²) in [6.07, 6.45) is 1.15. The van der Waals surface area contributed by atoms with Gasteiger partial charge in [-0.05, 0) is 30.9 Å². The minimum absolute atomic E-state index is 0.449. The molecule has 1 aromatic carbocycles. The van der Waals surface area contributed by atoms with Gasteiger partial charge in [0.2, 0.25) is 5.88 Å². The maximum Gasteiger partial charge on any atom is 0.213 e. The molecule has 2 atom stereocenters. The highest BCUT2D eigenvalue weighted by molar-refractivity contribution is 5.82. The zero-order valence-electron chi connectivity index (χ0n) is 12.6. The van der Waals surface area contributed by atoms with Crippen LogP contribution in [0.15, 0.2) is 30.3 Å². The van der Waals surface area contributed by atoms with Crippen LogP contribution in [0, 0.1) is 5.92 Å². The van der Waals surface area contributed by atoms with Crippen molar-refractivity contribution in [3.05, 3.63) is 35.9 Å². The van der Waals surface area contributed by atoms with Crippen molar-refractivity contribution in [1.29, 1.82) is 0 Å². The van der Waals surface area contributed by atoms with Crippen molar-refractivity contribution in [1.82, 2.24) is 10.3 Å². The zero-order valence-corrected chi connectivity index (χ0v) is 12.6. The van der Waals surface area contributed by atoms with E-state index in [1.807, 2.05) is 24.3 Å². The number of nitrogens with one attached hydrogen (secondary N) is 1. The Hall–Kier alpha value is -1.65. The van der Waals surface area contributed by atoms with Gasteiger partial charge in [0.15, 0.2) is 0 Å². The molecule has 21 heavy (non-hydrogen) atoms. The Balaban J connectivity index is 1.79. The summed E-state index contributed by atoms with van der Waals surface area (Å²) in [5.74, 6) is 1.28. The fourth-order valence-electron chi connectivity index (χ4n) is 2.86. The number of pyridine rings is 1. The van der Waals surface area contributed by atoms with Gasteiger partial charge in [-0.2, -0.15) is 0 Å². The third-order valence-corrected chi connectivity index (χ3v) is 4.27. The van der Waals surface area contributed by atoms with Gasteiger partial charge in [-0.1, -0.05) is 18.2 Å². The number of methoxy groups -OCH3 is 1. The van der Waals surface area contributed by atoms with Crippen molar-refractivity contribution in [2.24, 2.45) is 5.92 Å². The van der Waals surface area contributed by atoms with Crippen LogP contribution in [0.25, 0.3) is 10.9 Å². The minimum atomic E-state index is 0.449. The third-order valence-electron chi connectivity index (χ3n) is 4.27. The van der Waals surface area contributed by atoms with Crippen LogP contribution in [0.3, 0.4) is 0 Å². The van der Waals surface area contributed by atoms with Crippen LogP contribution in [0.1, 0.15) is 18.9 Å². The number of fused-ring (bicyclic) bond motifs is 1.